The predicted octanol–water partition coefficient (Wildman–Crippen LogP) is 3.30. The van der Waals surface area contributed by atoms with E-state index in [1.54, 1.807) is 0 Å². The van der Waals surface area contributed by atoms with Gasteiger partial charge in [-0.05, 0) is 43.0 Å². The Hall–Kier alpha value is -2.45. The van der Waals surface area contributed by atoms with Gasteiger partial charge in [0.1, 0.15) is 5.69 Å². The van der Waals surface area contributed by atoms with Gasteiger partial charge in [-0.15, -0.1) is 0 Å². The highest BCUT2D eigenvalue weighted by atomic mass is 19.4. The summed E-state index contributed by atoms with van der Waals surface area (Å²) in [6, 6.07) is 9.81. The number of pyridine rings is 1. The Morgan fingerprint density at radius 3 is 2.34 bits per heavy atom. The van der Waals surface area contributed by atoms with Crippen molar-refractivity contribution in [2.24, 2.45) is 0 Å². The molecule has 1 fully saturated rings. The Balaban J connectivity index is 1.54. The summed E-state index contributed by atoms with van der Waals surface area (Å²) >= 11 is 0. The van der Waals surface area contributed by atoms with Gasteiger partial charge in [0, 0.05) is 26.2 Å². The number of alkyl halides is 3. The molecule has 1 aromatic heterocycles. The lowest BCUT2D eigenvalue weighted by Crippen LogP contribution is -2.35. The van der Waals surface area contributed by atoms with Crippen molar-refractivity contribution >= 4 is 5.91 Å². The van der Waals surface area contributed by atoms with Crippen LogP contribution in [0.2, 0.25) is 0 Å². The van der Waals surface area contributed by atoms with Crippen LogP contribution in [0.5, 0.6) is 0 Å². The van der Waals surface area contributed by atoms with Crippen molar-refractivity contribution in [2.45, 2.75) is 45.1 Å². The van der Waals surface area contributed by atoms with Crippen LogP contribution in [0.15, 0.2) is 36.4 Å². The first-order valence-electron chi connectivity index (χ1n) is 9.53. The predicted molar refractivity (Wildman–Crippen MR) is 102 cm³/mol. The molecule has 0 spiro atoms. The fourth-order valence-electron chi connectivity index (χ4n) is 3.33. The highest BCUT2D eigenvalue weighted by molar-refractivity contribution is 5.95. The van der Waals surface area contributed by atoms with Crippen LogP contribution in [0.25, 0.3) is 0 Å². The summed E-state index contributed by atoms with van der Waals surface area (Å²) in [7, 11) is 0. The molecule has 0 aliphatic carbocycles. The number of hydrogen-bond donors (Lipinski definition) is 2. The third-order valence-corrected chi connectivity index (χ3v) is 5.06. The van der Waals surface area contributed by atoms with Crippen molar-refractivity contribution in [1.82, 2.24) is 15.2 Å². The van der Waals surface area contributed by atoms with Gasteiger partial charge in [0.15, 0.2) is 0 Å². The Morgan fingerprint density at radius 2 is 1.76 bits per heavy atom. The number of rotatable bonds is 5. The second-order valence-corrected chi connectivity index (χ2v) is 7.33. The molecule has 0 saturated carbocycles. The first-order valence-corrected chi connectivity index (χ1v) is 9.53. The number of carbonyl (C=O) groups is 1. The third-order valence-electron chi connectivity index (χ3n) is 5.06. The Kier molecular flexibility index (Phi) is 6.54. The lowest BCUT2D eigenvalue weighted by Gasteiger charge is -2.29. The smallest absolute Gasteiger partial charge is 0.393 e. The van der Waals surface area contributed by atoms with E-state index in [9.17, 15) is 23.1 Å². The molecule has 0 atom stereocenters. The van der Waals surface area contributed by atoms with Crippen molar-refractivity contribution in [3.8, 4) is 0 Å². The summed E-state index contributed by atoms with van der Waals surface area (Å²) in [6.07, 6.45) is -3.14. The van der Waals surface area contributed by atoms with Gasteiger partial charge in [-0.2, -0.15) is 13.2 Å². The zero-order valence-electron chi connectivity index (χ0n) is 16.2. The van der Waals surface area contributed by atoms with Crippen molar-refractivity contribution in [1.29, 1.82) is 0 Å². The molecule has 1 aliphatic heterocycles. The molecular weight excluding hydrogens is 383 g/mol. The van der Waals surface area contributed by atoms with Gasteiger partial charge in [0.05, 0.1) is 17.4 Å². The third kappa shape index (κ3) is 5.77. The largest absolute Gasteiger partial charge is 0.433 e. The van der Waals surface area contributed by atoms with Crippen molar-refractivity contribution in [3.05, 3.63) is 64.5 Å². The maximum absolute atomic E-state index is 12.7. The molecule has 3 rings (SSSR count). The summed E-state index contributed by atoms with van der Waals surface area (Å²) < 4.78 is 38.1. The van der Waals surface area contributed by atoms with Gasteiger partial charge >= 0.3 is 6.18 Å². The molecule has 2 N–H and O–H groups in total. The molecule has 2 aromatic rings. The number of aryl methyl sites for hydroxylation is 1. The van der Waals surface area contributed by atoms with Crippen LogP contribution in [0.4, 0.5) is 13.2 Å². The highest BCUT2D eigenvalue weighted by Crippen LogP contribution is 2.28. The van der Waals surface area contributed by atoms with Crippen LogP contribution in [0.3, 0.4) is 0 Å². The lowest BCUT2D eigenvalue weighted by atomic mass is 10.1. The summed E-state index contributed by atoms with van der Waals surface area (Å²) in [4.78, 5) is 18.1. The average molecular weight is 407 g/mol. The number of carbonyl (C=O) groups excluding carboxylic acids is 1. The molecule has 1 amide bonds. The second-order valence-electron chi connectivity index (χ2n) is 7.33. The van der Waals surface area contributed by atoms with Gasteiger partial charge < -0.3 is 10.4 Å². The van der Waals surface area contributed by atoms with Gasteiger partial charge in [0.25, 0.3) is 5.91 Å². The molecule has 0 unspecified atom stereocenters. The van der Waals surface area contributed by atoms with Crippen molar-refractivity contribution in [2.75, 3.05) is 13.1 Å². The maximum Gasteiger partial charge on any atom is 0.433 e. The number of aliphatic hydroxyl groups is 1. The summed E-state index contributed by atoms with van der Waals surface area (Å²) in [5.74, 6) is -0.459. The minimum absolute atomic E-state index is 0.0410. The van der Waals surface area contributed by atoms with Crippen LogP contribution in [-0.4, -0.2) is 40.1 Å². The molecule has 1 aliphatic rings. The minimum Gasteiger partial charge on any atom is -0.393 e. The van der Waals surface area contributed by atoms with Crippen molar-refractivity contribution < 1.29 is 23.1 Å². The molecular formula is C21H24F3N3O2. The maximum atomic E-state index is 12.7. The lowest BCUT2D eigenvalue weighted by molar-refractivity contribution is -0.141. The fourth-order valence-corrected chi connectivity index (χ4v) is 3.33. The number of piperidine rings is 1. The first-order chi connectivity index (χ1) is 13.7. The van der Waals surface area contributed by atoms with Crippen LogP contribution in [0, 0.1) is 6.92 Å². The number of nitrogens with one attached hydrogen (secondary N) is 1. The SMILES string of the molecule is Cc1nc(C(F)(F)F)ccc1C(=O)NCc1ccc(CN2CCC(O)CC2)cc1. The average Bonchev–Trinajstić information content (AvgIpc) is 2.68. The molecule has 29 heavy (non-hydrogen) atoms. The summed E-state index contributed by atoms with van der Waals surface area (Å²) in [5, 5.41) is 12.3. The Morgan fingerprint density at radius 1 is 1.14 bits per heavy atom. The minimum atomic E-state index is -4.53. The van der Waals surface area contributed by atoms with Crippen molar-refractivity contribution in [3.63, 3.8) is 0 Å². The normalized spacial score (nSPS) is 16.0. The van der Waals surface area contributed by atoms with Gasteiger partial charge in [-0.1, -0.05) is 24.3 Å². The number of nitrogens with zero attached hydrogens (tertiary/aromatic N) is 2. The van der Waals surface area contributed by atoms with E-state index >= 15 is 0 Å². The van der Waals surface area contributed by atoms with E-state index in [0.717, 1.165) is 55.7 Å². The van der Waals surface area contributed by atoms with Gasteiger partial charge in [-0.3, -0.25) is 9.69 Å². The standard InChI is InChI=1S/C21H24F3N3O2/c1-14-18(6-7-19(26-14)21(22,23)24)20(29)25-12-15-2-4-16(5-3-15)13-27-10-8-17(28)9-11-27/h2-7,17,28H,8-13H2,1H3,(H,25,29). The second kappa shape index (κ2) is 8.92. The molecule has 0 bridgehead atoms. The van der Waals surface area contributed by atoms with E-state index in [0.29, 0.717) is 0 Å². The molecule has 5 nitrogen and oxygen atoms in total. The van der Waals surface area contributed by atoms with E-state index < -0.39 is 17.8 Å². The molecule has 1 saturated heterocycles. The zero-order chi connectivity index (χ0) is 21.0. The van der Waals surface area contributed by atoms with Gasteiger partial charge in [0.2, 0.25) is 0 Å². The van der Waals surface area contributed by atoms with E-state index in [-0.39, 0.29) is 23.9 Å². The van der Waals surface area contributed by atoms with E-state index in [1.165, 1.54) is 6.92 Å². The number of benzene rings is 1. The molecule has 0 radical (unpaired) electrons. The topological polar surface area (TPSA) is 65.5 Å². The summed E-state index contributed by atoms with van der Waals surface area (Å²) in [5.41, 5.74) is 1.21. The number of amides is 1. The van der Waals surface area contributed by atoms with E-state index in [1.807, 2.05) is 24.3 Å². The van der Waals surface area contributed by atoms with Crippen LogP contribution >= 0.6 is 0 Å². The highest BCUT2D eigenvalue weighted by Gasteiger charge is 2.33. The van der Waals surface area contributed by atoms with Gasteiger partial charge in [-0.25, -0.2) is 4.98 Å². The van der Waals surface area contributed by atoms with Crippen LogP contribution < -0.4 is 5.32 Å². The first kappa shape index (κ1) is 21.3. The molecule has 2 heterocycles. The summed E-state index contributed by atoms with van der Waals surface area (Å²) in [6.45, 7) is 4.22. The Bertz CT molecular complexity index is 845. The molecule has 8 heteroatoms. The molecule has 156 valence electrons. The quantitative estimate of drug-likeness (QED) is 0.798. The Labute approximate surface area is 167 Å². The monoisotopic (exact) mass is 407 g/mol. The number of aromatic nitrogens is 1. The van der Waals surface area contributed by atoms with E-state index in [4.69, 9.17) is 0 Å². The van der Waals surface area contributed by atoms with Crippen LogP contribution in [0.1, 0.15) is 45.7 Å². The number of halogens is 3. The zero-order valence-corrected chi connectivity index (χ0v) is 16.2. The fraction of sp³-hybridized carbons (Fsp3) is 0.429. The molecule has 1 aromatic carbocycles. The van der Waals surface area contributed by atoms with E-state index in [2.05, 4.69) is 15.2 Å². The number of likely N-dealkylation sites (tertiary alicyclic amines) is 1. The van der Waals surface area contributed by atoms with Crippen LogP contribution in [-0.2, 0) is 19.3 Å². The number of hydrogen-bond acceptors (Lipinski definition) is 4. The number of aliphatic hydroxyl groups excluding tert-OH is 1.